The third kappa shape index (κ3) is 7.19. The van der Waals surface area contributed by atoms with Crippen molar-refractivity contribution in [3.8, 4) is 0 Å². The predicted octanol–water partition coefficient (Wildman–Crippen LogP) is -0.898. The van der Waals surface area contributed by atoms with Crippen LogP contribution in [0.5, 0.6) is 0 Å². The van der Waals surface area contributed by atoms with Gasteiger partial charge in [-0.3, -0.25) is 14.5 Å². The number of carboxylic acid groups (broad SMARTS) is 1. The highest BCUT2D eigenvalue weighted by Crippen LogP contribution is 1.89. The summed E-state index contributed by atoms with van der Waals surface area (Å²) in [5, 5.41) is 11.3. The Morgan fingerprint density at radius 2 is 2.00 bits per heavy atom. The van der Waals surface area contributed by atoms with Gasteiger partial charge in [-0.2, -0.15) is 0 Å². The van der Waals surface area contributed by atoms with Crippen molar-refractivity contribution in [1.82, 2.24) is 10.2 Å². The molecule has 4 N–H and O–H groups in total. The van der Waals surface area contributed by atoms with Gasteiger partial charge >= 0.3 is 5.97 Å². The molecular formula is C10H21N3O3. The minimum atomic E-state index is -1.06. The average molecular weight is 231 g/mol. The molecule has 0 heterocycles. The maximum atomic E-state index is 11.4. The zero-order valence-electron chi connectivity index (χ0n) is 10.1. The molecule has 0 saturated heterocycles. The number of carboxylic acids is 1. The molecule has 0 saturated carbocycles. The van der Waals surface area contributed by atoms with Crippen molar-refractivity contribution in [1.29, 1.82) is 0 Å². The van der Waals surface area contributed by atoms with Crippen LogP contribution in [0.15, 0.2) is 0 Å². The largest absolute Gasteiger partial charge is 0.480 e. The minimum Gasteiger partial charge on any atom is -0.480 e. The molecule has 0 aromatic heterocycles. The molecule has 6 nitrogen and oxygen atoms in total. The van der Waals surface area contributed by atoms with Gasteiger partial charge in [-0.15, -0.1) is 0 Å². The Morgan fingerprint density at radius 1 is 1.44 bits per heavy atom. The number of nitrogens with zero attached hydrogens (tertiary/aromatic N) is 1. The number of amides is 1. The topological polar surface area (TPSA) is 95.7 Å². The molecule has 0 aliphatic heterocycles. The smallest absolute Gasteiger partial charge is 0.321 e. The summed E-state index contributed by atoms with van der Waals surface area (Å²) in [6.07, 6.45) is 0. The fraction of sp³-hybridized carbons (Fsp3) is 0.800. The van der Waals surface area contributed by atoms with Gasteiger partial charge < -0.3 is 16.2 Å². The Bertz CT molecular complexity index is 243. The van der Waals surface area contributed by atoms with E-state index in [1.54, 1.807) is 11.9 Å². The van der Waals surface area contributed by atoms with Gasteiger partial charge in [-0.05, 0) is 13.0 Å². The van der Waals surface area contributed by atoms with Crippen LogP contribution in [0.3, 0.4) is 0 Å². The number of carbonyl (C=O) groups excluding carboxylic acids is 1. The van der Waals surface area contributed by atoms with Crippen molar-refractivity contribution in [2.75, 3.05) is 26.7 Å². The highest BCUT2D eigenvalue weighted by molar-refractivity contribution is 5.78. The van der Waals surface area contributed by atoms with E-state index in [9.17, 15) is 9.59 Å². The molecule has 0 bridgehead atoms. The maximum absolute atomic E-state index is 11.4. The van der Waals surface area contributed by atoms with E-state index in [1.807, 2.05) is 13.8 Å². The number of hydrogen-bond donors (Lipinski definition) is 3. The zero-order valence-corrected chi connectivity index (χ0v) is 10.1. The summed E-state index contributed by atoms with van der Waals surface area (Å²) in [6, 6.07) is -0.956. The third-order valence-electron chi connectivity index (χ3n) is 1.95. The second kappa shape index (κ2) is 7.19. The Labute approximate surface area is 95.8 Å². The van der Waals surface area contributed by atoms with Crippen LogP contribution in [-0.4, -0.2) is 54.6 Å². The minimum absolute atomic E-state index is 0.117. The normalized spacial score (nSPS) is 12.9. The van der Waals surface area contributed by atoms with Gasteiger partial charge in [0, 0.05) is 13.1 Å². The summed E-state index contributed by atoms with van der Waals surface area (Å²) in [4.78, 5) is 23.4. The first-order valence-corrected chi connectivity index (χ1v) is 5.26. The fourth-order valence-electron chi connectivity index (χ4n) is 1.10. The van der Waals surface area contributed by atoms with Gasteiger partial charge in [0.15, 0.2) is 0 Å². The van der Waals surface area contributed by atoms with Crippen molar-refractivity contribution < 1.29 is 14.7 Å². The molecule has 0 rings (SSSR count). The molecule has 1 amide bonds. The number of nitrogens with two attached hydrogens (primary N) is 1. The molecule has 1 atom stereocenters. The lowest BCUT2D eigenvalue weighted by Crippen LogP contribution is -2.45. The molecular weight excluding hydrogens is 210 g/mol. The van der Waals surface area contributed by atoms with Crippen molar-refractivity contribution in [3.05, 3.63) is 0 Å². The molecule has 6 heteroatoms. The van der Waals surface area contributed by atoms with Crippen LogP contribution in [0.2, 0.25) is 0 Å². The predicted molar refractivity (Wildman–Crippen MR) is 61.0 cm³/mol. The molecule has 94 valence electrons. The Balaban J connectivity index is 3.82. The third-order valence-corrected chi connectivity index (χ3v) is 1.95. The zero-order chi connectivity index (χ0) is 12.7. The summed E-state index contributed by atoms with van der Waals surface area (Å²) in [6.45, 7) is 4.95. The Hall–Kier alpha value is -1.14. The Morgan fingerprint density at radius 3 is 2.44 bits per heavy atom. The molecule has 16 heavy (non-hydrogen) atoms. The van der Waals surface area contributed by atoms with E-state index < -0.39 is 12.0 Å². The van der Waals surface area contributed by atoms with Crippen molar-refractivity contribution in [2.24, 2.45) is 11.7 Å². The number of rotatable bonds is 7. The van der Waals surface area contributed by atoms with Crippen LogP contribution in [0.25, 0.3) is 0 Å². The molecule has 0 aliphatic rings. The molecule has 0 spiro atoms. The molecule has 0 fully saturated rings. The van der Waals surface area contributed by atoms with Crippen LogP contribution >= 0.6 is 0 Å². The van der Waals surface area contributed by atoms with E-state index in [1.165, 1.54) is 0 Å². The van der Waals surface area contributed by atoms with Gasteiger partial charge in [-0.1, -0.05) is 13.8 Å². The van der Waals surface area contributed by atoms with Crippen LogP contribution in [0, 0.1) is 5.92 Å². The summed E-state index contributed by atoms with van der Waals surface area (Å²) in [5.74, 6) is -0.779. The van der Waals surface area contributed by atoms with E-state index in [4.69, 9.17) is 10.8 Å². The van der Waals surface area contributed by atoms with Gasteiger partial charge in [0.1, 0.15) is 6.04 Å². The summed E-state index contributed by atoms with van der Waals surface area (Å²) in [5.41, 5.74) is 5.34. The van der Waals surface area contributed by atoms with Gasteiger partial charge in [0.2, 0.25) is 5.91 Å². The first kappa shape index (κ1) is 14.9. The number of nitrogens with one attached hydrogen (secondary N) is 1. The number of hydrogen-bond acceptors (Lipinski definition) is 4. The van der Waals surface area contributed by atoms with Crippen LogP contribution in [0.4, 0.5) is 0 Å². The van der Waals surface area contributed by atoms with Gasteiger partial charge in [-0.25, -0.2) is 0 Å². The molecule has 0 radical (unpaired) electrons. The molecule has 1 unspecified atom stereocenters. The fourth-order valence-corrected chi connectivity index (χ4v) is 1.10. The summed E-state index contributed by atoms with van der Waals surface area (Å²) < 4.78 is 0. The van der Waals surface area contributed by atoms with Crippen LogP contribution in [0.1, 0.15) is 13.8 Å². The lowest BCUT2D eigenvalue weighted by atomic mass is 10.2. The monoisotopic (exact) mass is 231 g/mol. The Kier molecular flexibility index (Phi) is 6.67. The van der Waals surface area contributed by atoms with Crippen molar-refractivity contribution in [2.45, 2.75) is 19.9 Å². The van der Waals surface area contributed by atoms with Gasteiger partial charge in [0.25, 0.3) is 0 Å². The maximum Gasteiger partial charge on any atom is 0.321 e. The first-order valence-electron chi connectivity index (χ1n) is 5.26. The van der Waals surface area contributed by atoms with Crippen LogP contribution in [-0.2, 0) is 9.59 Å². The lowest BCUT2D eigenvalue weighted by molar-refractivity contribution is -0.139. The van der Waals surface area contributed by atoms with E-state index in [0.29, 0.717) is 12.5 Å². The highest BCUT2D eigenvalue weighted by atomic mass is 16.4. The second-order valence-electron chi connectivity index (χ2n) is 4.34. The summed E-state index contributed by atoms with van der Waals surface area (Å²) >= 11 is 0. The van der Waals surface area contributed by atoms with E-state index >= 15 is 0 Å². The molecule has 0 aromatic rings. The highest BCUT2D eigenvalue weighted by Gasteiger charge is 2.15. The van der Waals surface area contributed by atoms with Crippen molar-refractivity contribution in [3.63, 3.8) is 0 Å². The first-order chi connectivity index (χ1) is 7.32. The summed E-state index contributed by atoms with van der Waals surface area (Å²) in [7, 11) is 1.66. The molecule has 0 aromatic carbocycles. The van der Waals surface area contributed by atoms with E-state index in [-0.39, 0.29) is 19.0 Å². The average Bonchev–Trinajstić information content (AvgIpc) is 2.14. The quantitative estimate of drug-likeness (QED) is 0.528. The van der Waals surface area contributed by atoms with Crippen LogP contribution < -0.4 is 11.1 Å². The van der Waals surface area contributed by atoms with Gasteiger partial charge in [0.05, 0.1) is 6.54 Å². The second-order valence-corrected chi connectivity index (χ2v) is 4.34. The van der Waals surface area contributed by atoms with Crippen molar-refractivity contribution >= 4 is 11.9 Å². The SMILES string of the molecule is CC(C)CNC(=O)CN(C)CC(N)C(=O)O. The number of likely N-dealkylation sites (N-methyl/N-ethyl adjacent to an activating group) is 1. The lowest BCUT2D eigenvalue weighted by Gasteiger charge is -2.18. The van der Waals surface area contributed by atoms with E-state index in [0.717, 1.165) is 0 Å². The number of aliphatic carboxylic acids is 1. The standard InChI is InChI=1S/C10H21N3O3/c1-7(2)4-12-9(14)6-13(3)5-8(11)10(15)16/h7-8H,4-6,11H2,1-3H3,(H,12,14)(H,15,16). The molecule has 0 aliphatic carbocycles. The van der Waals surface area contributed by atoms with E-state index in [2.05, 4.69) is 5.32 Å². The number of carbonyl (C=O) groups is 2.